The Kier molecular flexibility index (Phi) is 8.18. The van der Waals surface area contributed by atoms with Gasteiger partial charge in [-0.25, -0.2) is 4.98 Å². The first-order chi connectivity index (χ1) is 17.3. The Balaban J connectivity index is 1.44. The van der Waals surface area contributed by atoms with Gasteiger partial charge in [0, 0.05) is 23.8 Å². The summed E-state index contributed by atoms with van der Waals surface area (Å²) < 4.78 is 8.75. The number of likely N-dealkylation sites (N-methyl/N-ethyl adjacent to an activating group) is 1. The van der Waals surface area contributed by atoms with E-state index in [1.165, 1.54) is 4.90 Å². The number of amides is 2. The lowest BCUT2D eigenvalue weighted by molar-refractivity contribution is -0.124. The number of carbonyl (C=O) groups is 2. The average molecular weight is 590 g/mol. The van der Waals surface area contributed by atoms with Crippen molar-refractivity contribution in [2.75, 3.05) is 18.5 Å². The molecule has 4 aromatic rings. The van der Waals surface area contributed by atoms with Crippen LogP contribution in [0.3, 0.4) is 0 Å². The number of hydrogen-bond acceptors (Lipinski definition) is 4. The van der Waals surface area contributed by atoms with Gasteiger partial charge in [0.05, 0.1) is 29.4 Å². The van der Waals surface area contributed by atoms with E-state index < -0.39 is 0 Å². The minimum absolute atomic E-state index is 0.0740. The molecule has 0 aliphatic heterocycles. The standard InChI is InChI=1S/C26H23BrCl2N4O3/c1-16-25(27)33-12-6-9-21(26(33)31-16)36-15-18-19(28)10-11-20(24(18)29)32(2)23(35)14-30-22(34)13-17-7-4-3-5-8-17/h3-12H,13-15H2,1-2H3,(H,30,34). The van der Waals surface area contributed by atoms with Gasteiger partial charge in [-0.1, -0.05) is 53.5 Å². The Labute approximate surface area is 227 Å². The molecule has 0 bridgehead atoms. The molecule has 0 atom stereocenters. The number of aryl methyl sites for hydroxylation is 1. The molecule has 7 nitrogen and oxygen atoms in total. The van der Waals surface area contributed by atoms with E-state index in [1.807, 2.05) is 60.0 Å². The summed E-state index contributed by atoms with van der Waals surface area (Å²) in [5, 5.41) is 3.36. The van der Waals surface area contributed by atoms with Crippen LogP contribution in [0.5, 0.6) is 5.75 Å². The predicted molar refractivity (Wildman–Crippen MR) is 145 cm³/mol. The van der Waals surface area contributed by atoms with Crippen LogP contribution in [0.1, 0.15) is 16.8 Å². The van der Waals surface area contributed by atoms with E-state index in [-0.39, 0.29) is 31.4 Å². The molecule has 0 aliphatic rings. The van der Waals surface area contributed by atoms with Crippen molar-refractivity contribution in [1.82, 2.24) is 14.7 Å². The summed E-state index contributed by atoms with van der Waals surface area (Å²) in [7, 11) is 1.59. The number of nitrogens with zero attached hydrogens (tertiary/aromatic N) is 3. The third kappa shape index (κ3) is 5.67. The highest BCUT2D eigenvalue weighted by Crippen LogP contribution is 2.35. The maximum absolute atomic E-state index is 12.8. The van der Waals surface area contributed by atoms with Gasteiger partial charge in [-0.05, 0) is 52.7 Å². The van der Waals surface area contributed by atoms with Crippen molar-refractivity contribution in [2.45, 2.75) is 20.0 Å². The van der Waals surface area contributed by atoms with E-state index >= 15 is 0 Å². The smallest absolute Gasteiger partial charge is 0.246 e. The molecule has 0 saturated heterocycles. The second kappa shape index (κ2) is 11.3. The summed E-state index contributed by atoms with van der Waals surface area (Å²) in [6, 6.07) is 16.3. The molecule has 186 valence electrons. The lowest BCUT2D eigenvalue weighted by Crippen LogP contribution is -2.38. The van der Waals surface area contributed by atoms with E-state index in [2.05, 4.69) is 26.2 Å². The molecule has 0 unspecified atom stereocenters. The molecule has 0 fully saturated rings. The van der Waals surface area contributed by atoms with Crippen molar-refractivity contribution in [3.05, 3.63) is 92.3 Å². The van der Waals surface area contributed by atoms with Gasteiger partial charge >= 0.3 is 0 Å². The fourth-order valence-corrected chi connectivity index (χ4v) is 4.62. The third-order valence-electron chi connectivity index (χ3n) is 5.63. The maximum Gasteiger partial charge on any atom is 0.246 e. The van der Waals surface area contributed by atoms with Crippen molar-refractivity contribution in [1.29, 1.82) is 0 Å². The number of pyridine rings is 1. The fraction of sp³-hybridized carbons (Fsp3) is 0.192. The van der Waals surface area contributed by atoms with Gasteiger partial charge < -0.3 is 15.0 Å². The molecule has 4 rings (SSSR count). The molecule has 0 aliphatic carbocycles. The summed E-state index contributed by atoms with van der Waals surface area (Å²) in [6.45, 7) is 1.81. The summed E-state index contributed by atoms with van der Waals surface area (Å²) in [6.07, 6.45) is 2.08. The molecule has 2 aromatic heterocycles. The first-order valence-electron chi connectivity index (χ1n) is 11.1. The third-order valence-corrected chi connectivity index (χ3v) is 7.36. The molecule has 2 amide bonds. The number of anilines is 1. The van der Waals surface area contributed by atoms with Gasteiger partial charge in [-0.15, -0.1) is 0 Å². The molecule has 1 N–H and O–H groups in total. The molecule has 2 aromatic carbocycles. The highest BCUT2D eigenvalue weighted by Gasteiger charge is 2.20. The van der Waals surface area contributed by atoms with Crippen molar-refractivity contribution in [2.24, 2.45) is 0 Å². The minimum atomic E-state index is -0.324. The fourth-order valence-electron chi connectivity index (χ4n) is 3.64. The van der Waals surface area contributed by atoms with E-state index in [9.17, 15) is 9.59 Å². The van der Waals surface area contributed by atoms with Crippen LogP contribution in [0.4, 0.5) is 5.69 Å². The number of ether oxygens (including phenoxy) is 1. The van der Waals surface area contributed by atoms with Crippen LogP contribution in [-0.2, 0) is 22.6 Å². The van der Waals surface area contributed by atoms with Crippen molar-refractivity contribution in [3.8, 4) is 5.75 Å². The van der Waals surface area contributed by atoms with Crippen molar-refractivity contribution < 1.29 is 14.3 Å². The lowest BCUT2D eigenvalue weighted by atomic mass is 10.1. The van der Waals surface area contributed by atoms with Crippen molar-refractivity contribution in [3.63, 3.8) is 0 Å². The van der Waals surface area contributed by atoms with Crippen LogP contribution in [0, 0.1) is 6.92 Å². The number of aromatic nitrogens is 2. The Bertz CT molecular complexity index is 1430. The Morgan fingerprint density at radius 3 is 2.61 bits per heavy atom. The normalized spacial score (nSPS) is 10.9. The lowest BCUT2D eigenvalue weighted by Gasteiger charge is -2.21. The molecular formula is C26H23BrCl2N4O3. The Morgan fingerprint density at radius 2 is 1.86 bits per heavy atom. The second-order valence-corrected chi connectivity index (χ2v) is 9.63. The van der Waals surface area contributed by atoms with E-state index in [4.69, 9.17) is 27.9 Å². The predicted octanol–water partition coefficient (Wildman–Crippen LogP) is 5.61. The number of imidazole rings is 1. The maximum atomic E-state index is 12.8. The molecule has 2 heterocycles. The average Bonchev–Trinajstić information content (AvgIpc) is 3.16. The number of rotatable bonds is 8. The monoisotopic (exact) mass is 588 g/mol. The number of fused-ring (bicyclic) bond motifs is 1. The summed E-state index contributed by atoms with van der Waals surface area (Å²) >= 11 is 16.6. The van der Waals surface area contributed by atoms with Gasteiger partial charge in [0.1, 0.15) is 11.2 Å². The molecule has 0 radical (unpaired) electrons. The molecule has 0 saturated carbocycles. The number of halogens is 3. The summed E-state index contributed by atoms with van der Waals surface area (Å²) in [5.74, 6) is -0.00124. The van der Waals surface area contributed by atoms with Gasteiger partial charge in [-0.2, -0.15) is 0 Å². The first-order valence-corrected chi connectivity index (χ1v) is 12.6. The van der Waals surface area contributed by atoms with Crippen LogP contribution in [0.15, 0.2) is 65.4 Å². The molecule has 10 heteroatoms. The topological polar surface area (TPSA) is 75.9 Å². The van der Waals surface area contributed by atoms with Crippen LogP contribution >= 0.6 is 39.1 Å². The van der Waals surface area contributed by atoms with Gasteiger partial charge in [0.15, 0.2) is 11.4 Å². The van der Waals surface area contributed by atoms with Gasteiger partial charge in [0.25, 0.3) is 0 Å². The summed E-state index contributed by atoms with van der Waals surface area (Å²) in [5.41, 5.74) is 3.35. The highest BCUT2D eigenvalue weighted by molar-refractivity contribution is 9.10. The number of nitrogens with one attached hydrogen (secondary N) is 1. The zero-order valence-corrected chi connectivity index (χ0v) is 22.7. The zero-order chi connectivity index (χ0) is 25.8. The van der Waals surface area contributed by atoms with Crippen LogP contribution in [-0.4, -0.2) is 34.8 Å². The minimum Gasteiger partial charge on any atom is -0.485 e. The largest absolute Gasteiger partial charge is 0.485 e. The molecule has 36 heavy (non-hydrogen) atoms. The van der Waals surface area contributed by atoms with E-state index in [0.717, 1.165) is 15.9 Å². The van der Waals surface area contributed by atoms with Crippen molar-refractivity contribution >= 4 is 62.3 Å². The van der Waals surface area contributed by atoms with Gasteiger partial charge in [0.2, 0.25) is 11.8 Å². The zero-order valence-electron chi connectivity index (χ0n) is 19.6. The van der Waals surface area contributed by atoms with Gasteiger partial charge in [-0.3, -0.25) is 14.0 Å². The number of benzene rings is 2. The van der Waals surface area contributed by atoms with E-state index in [1.54, 1.807) is 19.2 Å². The van der Waals surface area contributed by atoms with Crippen LogP contribution < -0.4 is 15.0 Å². The quantitative estimate of drug-likeness (QED) is 0.290. The van der Waals surface area contributed by atoms with Crippen LogP contribution in [0.2, 0.25) is 10.0 Å². The van der Waals surface area contributed by atoms with Crippen LogP contribution in [0.25, 0.3) is 5.65 Å². The number of hydrogen-bond donors (Lipinski definition) is 1. The highest BCUT2D eigenvalue weighted by atomic mass is 79.9. The Hall–Kier alpha value is -3.07. The SMILES string of the molecule is Cc1nc2c(OCc3c(Cl)ccc(N(C)C(=O)CNC(=O)Cc4ccccc4)c3Cl)cccn2c1Br. The Morgan fingerprint density at radius 1 is 1.11 bits per heavy atom. The molecule has 0 spiro atoms. The first kappa shape index (κ1) is 26.0. The summed E-state index contributed by atoms with van der Waals surface area (Å²) in [4.78, 5) is 30.9. The second-order valence-electron chi connectivity index (χ2n) is 8.09. The van der Waals surface area contributed by atoms with E-state index in [0.29, 0.717) is 32.7 Å². The molecular weight excluding hydrogens is 567 g/mol. The number of carbonyl (C=O) groups excluding carboxylic acids is 2.